The van der Waals surface area contributed by atoms with Gasteiger partial charge in [0, 0.05) is 11.8 Å². The van der Waals surface area contributed by atoms with Crippen molar-refractivity contribution in [3.8, 4) is 33.9 Å². The summed E-state index contributed by atoms with van der Waals surface area (Å²) in [5.41, 5.74) is 0.644. The number of hydrogen-bond acceptors (Lipinski definition) is 13. The number of nitrogens with zero attached hydrogens (tertiary/aromatic N) is 1. The quantitative estimate of drug-likeness (QED) is 0.165. The molecule has 0 aliphatic carbocycles. The molecule has 0 spiro atoms. The van der Waals surface area contributed by atoms with Crippen molar-refractivity contribution in [2.45, 2.75) is 88.1 Å². The molecule has 1 aromatic heterocycles. The van der Waals surface area contributed by atoms with Gasteiger partial charge in [-0.3, -0.25) is 4.98 Å². The molecule has 10 atom stereocenters. The van der Waals surface area contributed by atoms with E-state index in [1.807, 2.05) is 37.3 Å². The molecule has 2 aliphatic rings. The van der Waals surface area contributed by atoms with Crippen LogP contribution in [0.25, 0.3) is 22.4 Å². The zero-order chi connectivity index (χ0) is 33.6. The summed E-state index contributed by atoms with van der Waals surface area (Å²) in [6.45, 7) is 5.05. The largest absolute Gasteiger partial charge is 0.461 e. The summed E-state index contributed by atoms with van der Waals surface area (Å²) in [5, 5.41) is 81.6. The molecule has 2 aromatic carbocycles. The van der Waals surface area contributed by atoms with Crippen molar-refractivity contribution in [3.05, 3.63) is 65.9 Å². The lowest BCUT2D eigenvalue weighted by Gasteiger charge is -2.45. The molecule has 2 saturated heterocycles. The highest BCUT2D eigenvalue weighted by Gasteiger charge is 2.54. The Balaban J connectivity index is 1.33. The highest BCUT2D eigenvalue weighted by atomic mass is 16.7. The van der Waals surface area contributed by atoms with E-state index in [9.17, 15) is 40.9 Å². The number of benzene rings is 2. The first kappa shape index (κ1) is 34.1. The molecule has 13 heteroatoms. The van der Waals surface area contributed by atoms with Crippen molar-refractivity contribution in [2.24, 2.45) is 0 Å². The number of aliphatic hydroxyl groups excluding tert-OH is 6. The molecule has 0 unspecified atom stereocenters. The number of ether oxygens (including phenoxy) is 4. The maximum Gasteiger partial charge on any atom is 0.231 e. The SMILES string of the molecule is Cc1cc(-c2ccnc(-c3ccc(O[C@H]4O[C@H](CO)[C@@H](O)[C@H](O)[C@]4(C)O)c(C)c3)c2)ccc1O[C@H]1O[C@H](CO)[C@@H](O)[C@H](O)[C@]1(C)O. The van der Waals surface area contributed by atoms with Crippen LogP contribution in [-0.4, -0.2) is 119 Å². The minimum Gasteiger partial charge on any atom is -0.461 e. The van der Waals surface area contributed by atoms with E-state index in [0.29, 0.717) is 28.3 Å². The zero-order valence-corrected chi connectivity index (χ0v) is 25.9. The second-order valence-electron chi connectivity index (χ2n) is 12.3. The lowest BCUT2D eigenvalue weighted by Crippen LogP contribution is -2.66. The Morgan fingerprint density at radius 1 is 0.674 bits per heavy atom. The monoisotopic (exact) mass is 643 g/mol. The second-order valence-corrected chi connectivity index (χ2v) is 12.3. The maximum absolute atomic E-state index is 10.8. The highest BCUT2D eigenvalue weighted by molar-refractivity contribution is 5.72. The molecule has 2 fully saturated rings. The van der Waals surface area contributed by atoms with E-state index >= 15 is 0 Å². The molecule has 8 N–H and O–H groups in total. The van der Waals surface area contributed by atoms with Crippen LogP contribution in [0, 0.1) is 13.8 Å². The van der Waals surface area contributed by atoms with Gasteiger partial charge in [0.15, 0.2) is 11.2 Å². The lowest BCUT2D eigenvalue weighted by atomic mass is 9.88. The van der Waals surface area contributed by atoms with Crippen molar-refractivity contribution in [1.82, 2.24) is 4.98 Å². The van der Waals surface area contributed by atoms with Gasteiger partial charge < -0.3 is 59.8 Å². The fourth-order valence-electron chi connectivity index (χ4n) is 5.63. The van der Waals surface area contributed by atoms with E-state index in [4.69, 9.17) is 18.9 Å². The van der Waals surface area contributed by atoms with Gasteiger partial charge in [0.25, 0.3) is 0 Å². The third-order valence-electron chi connectivity index (χ3n) is 8.72. The number of aliphatic hydroxyl groups is 8. The van der Waals surface area contributed by atoms with E-state index in [2.05, 4.69) is 4.98 Å². The van der Waals surface area contributed by atoms with Gasteiger partial charge in [0.2, 0.25) is 12.6 Å². The van der Waals surface area contributed by atoms with Crippen LogP contribution in [0.15, 0.2) is 54.7 Å². The molecule has 250 valence electrons. The average molecular weight is 644 g/mol. The van der Waals surface area contributed by atoms with Crippen molar-refractivity contribution < 1.29 is 59.8 Å². The predicted octanol–water partition coefficient (Wildman–Crippen LogP) is 0.170. The standard InChI is InChI=1S/C33H41NO12/c1-16-11-18(5-7-22(16)43-30-32(3,41)28(39)26(37)24(14-35)45-30)19-9-10-34-21(13-19)20-6-8-23(17(2)12-20)44-31-33(4,42)29(40)27(38)25(15-36)46-31/h5-13,24-31,35-42H,14-15H2,1-4H3/t24-,25-,26-,27-,28+,29+,30+,31+,32+,33+/m1/s1. The van der Waals surface area contributed by atoms with Gasteiger partial charge in [0.05, 0.1) is 18.9 Å². The smallest absolute Gasteiger partial charge is 0.231 e. The molecule has 2 aliphatic heterocycles. The summed E-state index contributed by atoms with van der Waals surface area (Å²) in [4.78, 5) is 4.52. The molecule has 0 radical (unpaired) electrons. The third kappa shape index (κ3) is 6.36. The van der Waals surface area contributed by atoms with Crippen molar-refractivity contribution >= 4 is 0 Å². The van der Waals surface area contributed by atoms with Crippen LogP contribution >= 0.6 is 0 Å². The molecule has 0 saturated carbocycles. The molecule has 0 bridgehead atoms. The highest BCUT2D eigenvalue weighted by Crippen LogP contribution is 2.36. The Bertz CT molecular complexity index is 1420. The Morgan fingerprint density at radius 2 is 1.11 bits per heavy atom. The molecule has 5 rings (SSSR count). The summed E-state index contributed by atoms with van der Waals surface area (Å²) in [6.07, 6.45) is -9.46. The van der Waals surface area contributed by atoms with E-state index in [1.165, 1.54) is 13.8 Å². The molecule has 0 amide bonds. The predicted molar refractivity (Wildman–Crippen MR) is 163 cm³/mol. The minimum absolute atomic E-state index is 0.366. The van der Waals surface area contributed by atoms with Gasteiger partial charge in [0.1, 0.15) is 48.1 Å². The van der Waals surface area contributed by atoms with Gasteiger partial charge in [-0.25, -0.2) is 0 Å². The van der Waals surface area contributed by atoms with E-state index in [0.717, 1.165) is 16.7 Å². The van der Waals surface area contributed by atoms with Gasteiger partial charge >= 0.3 is 0 Å². The van der Waals surface area contributed by atoms with E-state index < -0.39 is 73.6 Å². The maximum atomic E-state index is 10.8. The Labute approximate surface area is 265 Å². The molecule has 3 aromatic rings. The van der Waals surface area contributed by atoms with E-state index in [-0.39, 0.29) is 0 Å². The molecular weight excluding hydrogens is 602 g/mol. The first-order valence-electron chi connectivity index (χ1n) is 14.9. The lowest BCUT2D eigenvalue weighted by molar-refractivity contribution is -0.314. The number of pyridine rings is 1. The van der Waals surface area contributed by atoms with Gasteiger partial charge in [-0.05, 0) is 92.4 Å². The summed E-state index contributed by atoms with van der Waals surface area (Å²) >= 11 is 0. The van der Waals surface area contributed by atoms with Crippen molar-refractivity contribution in [2.75, 3.05) is 13.2 Å². The van der Waals surface area contributed by atoms with Crippen LogP contribution in [0.1, 0.15) is 25.0 Å². The molecule has 46 heavy (non-hydrogen) atoms. The summed E-state index contributed by atoms with van der Waals surface area (Å²) in [5.74, 6) is 0.744. The number of hydrogen-bond donors (Lipinski definition) is 8. The Morgan fingerprint density at radius 3 is 1.57 bits per heavy atom. The van der Waals surface area contributed by atoms with Crippen LogP contribution in [-0.2, 0) is 9.47 Å². The Hall–Kier alpha value is -3.21. The van der Waals surface area contributed by atoms with Gasteiger partial charge in [-0.2, -0.15) is 0 Å². The summed E-state index contributed by atoms with van der Waals surface area (Å²) in [6, 6.07) is 14.5. The van der Waals surface area contributed by atoms with Gasteiger partial charge in [-0.15, -0.1) is 0 Å². The topological polar surface area (TPSA) is 212 Å². The second kappa shape index (κ2) is 13.1. The number of aromatic nitrogens is 1. The van der Waals surface area contributed by atoms with Crippen LogP contribution in [0.3, 0.4) is 0 Å². The van der Waals surface area contributed by atoms with Crippen molar-refractivity contribution in [3.63, 3.8) is 0 Å². The van der Waals surface area contributed by atoms with Crippen LogP contribution in [0.5, 0.6) is 11.5 Å². The normalized spacial score (nSPS) is 34.7. The van der Waals surface area contributed by atoms with E-state index in [1.54, 1.807) is 31.3 Å². The summed E-state index contributed by atoms with van der Waals surface area (Å²) < 4.78 is 22.9. The first-order valence-corrected chi connectivity index (χ1v) is 14.9. The molecule has 3 heterocycles. The first-order chi connectivity index (χ1) is 21.7. The van der Waals surface area contributed by atoms with Gasteiger partial charge in [-0.1, -0.05) is 6.07 Å². The number of aryl methyl sites for hydroxylation is 2. The Kier molecular flexibility index (Phi) is 9.74. The fourth-order valence-corrected chi connectivity index (χ4v) is 5.63. The fraction of sp³-hybridized carbons (Fsp3) is 0.485. The van der Waals surface area contributed by atoms with Crippen LogP contribution < -0.4 is 9.47 Å². The molecular formula is C33H41NO12. The third-order valence-corrected chi connectivity index (χ3v) is 8.72. The number of rotatable bonds is 8. The van der Waals surface area contributed by atoms with Crippen molar-refractivity contribution in [1.29, 1.82) is 0 Å². The molecule has 13 nitrogen and oxygen atoms in total. The summed E-state index contributed by atoms with van der Waals surface area (Å²) in [7, 11) is 0. The minimum atomic E-state index is -1.95. The zero-order valence-electron chi connectivity index (χ0n) is 25.9. The van der Waals surface area contributed by atoms with Crippen LogP contribution in [0.2, 0.25) is 0 Å². The average Bonchev–Trinajstić information content (AvgIpc) is 3.03. The van der Waals surface area contributed by atoms with Crippen LogP contribution in [0.4, 0.5) is 0 Å².